The van der Waals surface area contributed by atoms with Crippen LogP contribution in [-0.4, -0.2) is 109 Å². The molecule has 15 nitrogen and oxygen atoms in total. The molecule has 5 atom stereocenters. The van der Waals surface area contributed by atoms with Crippen LogP contribution < -0.4 is 21.3 Å². The summed E-state index contributed by atoms with van der Waals surface area (Å²) in [6.07, 6.45) is 9.75. The Hall–Kier alpha value is -5.61. The van der Waals surface area contributed by atoms with Crippen molar-refractivity contribution in [1.82, 2.24) is 35.6 Å². The van der Waals surface area contributed by atoms with Crippen LogP contribution in [0.15, 0.2) is 60.1 Å². The number of hydrogen-bond acceptors (Lipinski definition) is 12. The number of nitrogens with two attached hydrogens (primary N) is 1. The number of benzene rings is 2. The molecule has 2 aromatic heterocycles. The van der Waals surface area contributed by atoms with Gasteiger partial charge in [0.25, 0.3) is 0 Å². The Morgan fingerprint density at radius 2 is 1.53 bits per heavy atom. The minimum atomic E-state index is -0.852. The lowest BCUT2D eigenvalue weighted by molar-refractivity contribution is -0.144. The summed E-state index contributed by atoms with van der Waals surface area (Å²) in [6, 6.07) is 15.4. The maximum atomic E-state index is 14.0. The van der Waals surface area contributed by atoms with Gasteiger partial charge in [-0.3, -0.25) is 19.2 Å². The highest BCUT2D eigenvalue weighted by Crippen LogP contribution is 2.37. The second kappa shape index (κ2) is 21.8. The summed E-state index contributed by atoms with van der Waals surface area (Å²) in [4.78, 5) is 65.3. The van der Waals surface area contributed by atoms with Crippen molar-refractivity contribution in [3.8, 4) is 27.4 Å². The van der Waals surface area contributed by atoms with E-state index < -0.39 is 23.6 Å². The van der Waals surface area contributed by atoms with Gasteiger partial charge in [-0.2, -0.15) is 0 Å². The number of nitrogens with zero attached hydrogens (tertiary/aromatic N) is 6. The third-order valence-electron chi connectivity index (χ3n) is 13.3. The fraction of sp³-hybridized carbons (Fsp3) is 0.540. The number of nitrogens with one attached hydrogen (secondary N) is 2. The van der Waals surface area contributed by atoms with Gasteiger partial charge in [-0.05, 0) is 67.3 Å². The van der Waals surface area contributed by atoms with Gasteiger partial charge in [-0.15, -0.1) is 21.5 Å². The van der Waals surface area contributed by atoms with Crippen molar-refractivity contribution in [1.29, 1.82) is 0 Å². The summed E-state index contributed by atoms with van der Waals surface area (Å²) < 4.78 is 0. The molecule has 0 aliphatic carbocycles. The Balaban J connectivity index is 0.774. The fourth-order valence-electron chi connectivity index (χ4n) is 9.74. The van der Waals surface area contributed by atoms with E-state index in [2.05, 4.69) is 35.6 Å². The number of phenols is 1. The highest BCUT2D eigenvalue weighted by molar-refractivity contribution is 7.13. The fourth-order valence-corrected chi connectivity index (χ4v) is 10.5. The summed E-state index contributed by atoms with van der Waals surface area (Å²) in [5.41, 5.74) is 12.4. The molecule has 2 bridgehead atoms. The lowest BCUT2D eigenvalue weighted by atomic mass is 9.85. The van der Waals surface area contributed by atoms with Crippen LogP contribution in [-0.2, 0) is 25.7 Å². The zero-order valence-electron chi connectivity index (χ0n) is 38.9. The standard InChI is InChI=1S/C50H67N9O6S/c1-32-45(66-31-53-32)34-21-19-33(20-22-34)27-52-48(64)41-25-37(60)30-58(41)49(65)46(50(2,3)4)54-43(62)17-11-9-7-5-6-8-10-12-18-44(63)59-35-23-24-36(59)29-57(28-35)40-26-39(55-56-47(40)51)38-15-13-14-16-42(38)61/h13-16,19-22,26,31,35-37,41,46,60-61H,5-12,17-18,23-25,27-30H2,1-4H3,(H2,51,56)(H,52,64)(H,54,62)/t35?,36?,37-,41+,46-/m1/s1. The van der Waals surface area contributed by atoms with E-state index in [0.29, 0.717) is 49.4 Å². The summed E-state index contributed by atoms with van der Waals surface area (Å²) >= 11 is 1.58. The van der Waals surface area contributed by atoms with Crippen molar-refractivity contribution < 1.29 is 29.4 Å². The van der Waals surface area contributed by atoms with Crippen molar-refractivity contribution >= 4 is 46.5 Å². The Morgan fingerprint density at radius 3 is 2.17 bits per heavy atom. The van der Waals surface area contributed by atoms with Crippen LogP contribution >= 0.6 is 11.3 Å². The summed E-state index contributed by atoms with van der Waals surface area (Å²) in [6.45, 7) is 9.35. The van der Waals surface area contributed by atoms with E-state index in [0.717, 1.165) is 85.2 Å². The number of unbranched alkanes of at least 4 members (excludes halogenated alkanes) is 7. The van der Waals surface area contributed by atoms with E-state index in [1.807, 2.05) is 69.6 Å². The molecule has 4 aromatic rings. The van der Waals surface area contributed by atoms with Crippen molar-refractivity contribution in [3.63, 3.8) is 0 Å². The number of aryl methyl sites for hydroxylation is 1. The van der Waals surface area contributed by atoms with Crippen LogP contribution in [0.25, 0.3) is 21.7 Å². The number of carbonyl (C=O) groups excluding carboxylic acids is 4. The first-order valence-electron chi connectivity index (χ1n) is 23.7. The van der Waals surface area contributed by atoms with E-state index in [1.165, 1.54) is 4.90 Å². The third-order valence-corrected chi connectivity index (χ3v) is 14.3. The molecule has 3 aliphatic heterocycles. The van der Waals surface area contributed by atoms with Crippen LogP contribution in [0, 0.1) is 12.3 Å². The Labute approximate surface area is 392 Å². The van der Waals surface area contributed by atoms with Crippen LogP contribution in [0.5, 0.6) is 5.75 Å². The number of aliphatic hydroxyl groups is 1. The first kappa shape index (κ1) is 48.3. The third kappa shape index (κ3) is 11.9. The largest absolute Gasteiger partial charge is 0.507 e. The zero-order valence-corrected chi connectivity index (χ0v) is 39.7. The quantitative estimate of drug-likeness (QED) is 0.0622. The van der Waals surface area contributed by atoms with Gasteiger partial charge >= 0.3 is 0 Å². The first-order chi connectivity index (χ1) is 31.7. The Morgan fingerprint density at radius 1 is 0.879 bits per heavy atom. The van der Waals surface area contributed by atoms with E-state index in [4.69, 9.17) is 5.73 Å². The number of anilines is 2. The lowest BCUT2D eigenvalue weighted by Gasteiger charge is -2.42. The molecule has 3 fully saturated rings. The van der Waals surface area contributed by atoms with Gasteiger partial charge in [0.05, 0.1) is 33.6 Å². The van der Waals surface area contributed by atoms with Crippen LogP contribution in [0.1, 0.15) is 115 Å². The second-order valence-electron chi connectivity index (χ2n) is 19.4. The molecule has 6 N–H and O–H groups in total. The number of phenolic OH excluding ortho intramolecular Hbond substituents is 1. The predicted molar refractivity (Wildman–Crippen MR) is 257 cm³/mol. The molecule has 16 heteroatoms. The molecule has 0 saturated carbocycles. The molecule has 4 amide bonds. The molecule has 354 valence electrons. The summed E-state index contributed by atoms with van der Waals surface area (Å²) in [5, 5.41) is 35.3. The first-order valence-corrected chi connectivity index (χ1v) is 24.6. The highest BCUT2D eigenvalue weighted by atomic mass is 32.1. The van der Waals surface area contributed by atoms with Gasteiger partial charge in [0.2, 0.25) is 23.6 Å². The Bertz CT molecular complexity index is 2300. The van der Waals surface area contributed by atoms with Crippen molar-refractivity contribution in [2.24, 2.45) is 5.41 Å². The molecular weight excluding hydrogens is 855 g/mol. The van der Waals surface area contributed by atoms with Gasteiger partial charge in [0, 0.05) is 63.1 Å². The number of likely N-dealkylation sites (tertiary alicyclic amines) is 1. The number of rotatable bonds is 19. The summed E-state index contributed by atoms with van der Waals surface area (Å²) in [5.74, 6) is -0.188. The number of piperazine rings is 1. The van der Waals surface area contributed by atoms with Crippen molar-refractivity contribution in [2.75, 3.05) is 30.3 Å². The molecular formula is C50H67N9O6S. The van der Waals surface area contributed by atoms with Gasteiger partial charge in [0.15, 0.2) is 5.82 Å². The number of aliphatic hydroxyl groups excluding tert-OH is 1. The monoisotopic (exact) mass is 921 g/mol. The van der Waals surface area contributed by atoms with Crippen molar-refractivity contribution in [2.45, 2.75) is 148 Å². The van der Waals surface area contributed by atoms with Crippen LogP contribution in [0.3, 0.4) is 0 Å². The number of para-hydroxylation sites is 1. The number of carbonyl (C=O) groups is 4. The second-order valence-corrected chi connectivity index (χ2v) is 20.2. The molecule has 7 rings (SSSR count). The zero-order chi connectivity index (χ0) is 47.0. The SMILES string of the molecule is Cc1ncsc1-c1ccc(CNC(=O)[C@@H]2C[C@@H](O)CN2C(=O)[C@@H](NC(=O)CCCCCCCCCCC(=O)N2C3CCC2CN(c2cc(-c4ccccc4O)nnc2N)C3)C(C)(C)C)cc1. The maximum Gasteiger partial charge on any atom is 0.246 e. The normalized spacial score (nSPS) is 19.8. The van der Waals surface area contributed by atoms with E-state index in [-0.39, 0.29) is 61.0 Å². The molecule has 3 aliphatic rings. The van der Waals surface area contributed by atoms with E-state index in [9.17, 15) is 29.4 Å². The minimum Gasteiger partial charge on any atom is -0.507 e. The van der Waals surface area contributed by atoms with Crippen molar-refractivity contribution in [3.05, 3.63) is 71.4 Å². The Kier molecular flexibility index (Phi) is 16.0. The number of nitrogen functional groups attached to an aromatic ring is 1. The molecule has 2 unspecified atom stereocenters. The summed E-state index contributed by atoms with van der Waals surface area (Å²) in [7, 11) is 0. The lowest BCUT2D eigenvalue weighted by Crippen LogP contribution is -2.57. The topological polar surface area (TPSA) is 207 Å². The number of aromatic nitrogens is 3. The molecule has 0 spiro atoms. The number of amides is 4. The average Bonchev–Trinajstić information content (AvgIpc) is 3.99. The molecule has 0 radical (unpaired) electrons. The van der Waals surface area contributed by atoms with Gasteiger partial charge in [-0.1, -0.05) is 95.7 Å². The smallest absolute Gasteiger partial charge is 0.246 e. The molecule has 2 aromatic carbocycles. The molecule has 66 heavy (non-hydrogen) atoms. The number of aromatic hydroxyl groups is 1. The van der Waals surface area contributed by atoms with E-state index in [1.54, 1.807) is 29.5 Å². The highest BCUT2D eigenvalue weighted by Gasteiger charge is 2.45. The average molecular weight is 922 g/mol. The molecule has 3 saturated heterocycles. The predicted octanol–water partition coefficient (Wildman–Crippen LogP) is 6.75. The van der Waals surface area contributed by atoms with E-state index >= 15 is 0 Å². The van der Waals surface area contributed by atoms with Gasteiger partial charge in [0.1, 0.15) is 17.8 Å². The minimum absolute atomic E-state index is 0.0317. The molecule has 5 heterocycles. The maximum absolute atomic E-state index is 14.0. The van der Waals surface area contributed by atoms with Crippen LogP contribution in [0.4, 0.5) is 11.5 Å². The number of thiazole rings is 1. The van der Waals surface area contributed by atoms with Gasteiger partial charge in [-0.25, -0.2) is 4.98 Å². The van der Waals surface area contributed by atoms with Crippen LogP contribution in [0.2, 0.25) is 0 Å². The number of fused-ring (bicyclic) bond motifs is 2. The van der Waals surface area contributed by atoms with Gasteiger partial charge < -0.3 is 41.3 Å². The number of hydrogen-bond donors (Lipinski definition) is 5. The number of β-amino-alcohol motifs (C(OH)–C–C–N with tert-alkyl or cyclic N) is 1.